The van der Waals surface area contributed by atoms with Gasteiger partial charge in [0.1, 0.15) is 5.82 Å². The van der Waals surface area contributed by atoms with Crippen LogP contribution in [0.25, 0.3) is 0 Å². The van der Waals surface area contributed by atoms with Crippen molar-refractivity contribution in [3.63, 3.8) is 0 Å². The molecule has 1 aliphatic heterocycles. The summed E-state index contributed by atoms with van der Waals surface area (Å²) in [4.78, 5) is 0. The first-order chi connectivity index (χ1) is 11.3. The zero-order valence-electron chi connectivity index (χ0n) is 13.1. The van der Waals surface area contributed by atoms with Crippen LogP contribution in [0, 0.1) is 5.92 Å². The van der Waals surface area contributed by atoms with Gasteiger partial charge in [0.25, 0.3) is 0 Å². The highest BCUT2D eigenvalue weighted by Gasteiger charge is 2.29. The minimum atomic E-state index is -2.86. The minimum absolute atomic E-state index is 0.140. The summed E-state index contributed by atoms with van der Waals surface area (Å²) < 4.78 is 25.1. The van der Waals surface area contributed by atoms with E-state index < -0.39 is 9.84 Å². The topological polar surface area (TPSA) is 64.8 Å². The van der Waals surface area contributed by atoms with Crippen LogP contribution in [0.5, 0.6) is 0 Å². The van der Waals surface area contributed by atoms with Crippen LogP contribution < -0.4 is 0 Å². The van der Waals surface area contributed by atoms with Crippen LogP contribution in [0.3, 0.4) is 0 Å². The zero-order valence-corrected chi connectivity index (χ0v) is 16.2. The number of hydrogen-bond donors (Lipinski definition) is 0. The summed E-state index contributed by atoms with van der Waals surface area (Å²) in [6.07, 6.45) is 1.35. The average molecular weight is 406 g/mol. The molecule has 1 atom stereocenters. The summed E-state index contributed by atoms with van der Waals surface area (Å²) in [5.74, 6) is 2.16. The zero-order chi connectivity index (χ0) is 17.3. The molecule has 130 valence electrons. The highest BCUT2D eigenvalue weighted by molar-refractivity contribution is 7.98. The Hall–Kier alpha value is -0.760. The van der Waals surface area contributed by atoms with Crippen molar-refractivity contribution in [2.45, 2.75) is 23.8 Å². The Labute approximate surface area is 155 Å². The van der Waals surface area contributed by atoms with E-state index in [0.29, 0.717) is 28.6 Å². The fourth-order valence-electron chi connectivity index (χ4n) is 2.72. The third-order valence-corrected chi connectivity index (χ3v) is 7.59. The maximum Gasteiger partial charge on any atom is 0.191 e. The molecule has 1 aromatic heterocycles. The van der Waals surface area contributed by atoms with Crippen LogP contribution in [-0.2, 0) is 29.1 Å². The Morgan fingerprint density at radius 2 is 2.12 bits per heavy atom. The van der Waals surface area contributed by atoms with Crippen LogP contribution in [0.1, 0.15) is 17.8 Å². The summed E-state index contributed by atoms with van der Waals surface area (Å²) in [5, 5.41) is 10.5. The van der Waals surface area contributed by atoms with Crippen LogP contribution in [0.15, 0.2) is 23.4 Å². The number of nitrogens with zero attached hydrogens (tertiary/aromatic N) is 3. The molecule has 2 heterocycles. The van der Waals surface area contributed by atoms with Gasteiger partial charge in [-0.05, 0) is 30.0 Å². The van der Waals surface area contributed by atoms with Crippen LogP contribution in [0.2, 0.25) is 10.0 Å². The highest BCUT2D eigenvalue weighted by Crippen LogP contribution is 2.28. The second-order valence-electron chi connectivity index (χ2n) is 5.96. The van der Waals surface area contributed by atoms with Gasteiger partial charge in [0.05, 0.1) is 11.5 Å². The van der Waals surface area contributed by atoms with Gasteiger partial charge in [-0.15, -0.1) is 10.2 Å². The van der Waals surface area contributed by atoms with Crippen molar-refractivity contribution in [2.75, 3.05) is 11.5 Å². The number of rotatable bonds is 5. The Bertz CT molecular complexity index is 852. The molecular weight excluding hydrogens is 389 g/mol. The van der Waals surface area contributed by atoms with Crippen LogP contribution >= 0.6 is 35.0 Å². The third-order valence-electron chi connectivity index (χ3n) is 4.09. The first kappa shape index (κ1) is 18.0. The number of benzene rings is 1. The molecule has 1 fully saturated rings. The van der Waals surface area contributed by atoms with E-state index >= 15 is 0 Å². The number of halogens is 2. The van der Waals surface area contributed by atoms with Crippen molar-refractivity contribution in [2.24, 2.45) is 13.0 Å². The number of thioether (sulfide) groups is 1. The standard InChI is InChI=1S/C15H17Cl2N3O2S2/c1-20-14(6-10-4-5-24(21,22)9-10)18-19-15(20)23-8-11-2-3-12(16)7-13(11)17/h2-3,7,10H,4-6,8-9H2,1H3/t10-/m0/s1. The molecule has 0 saturated carbocycles. The second kappa shape index (κ2) is 7.23. The molecule has 1 aromatic carbocycles. The minimum Gasteiger partial charge on any atom is -0.309 e. The Kier molecular flexibility index (Phi) is 5.44. The van der Waals surface area contributed by atoms with Crippen molar-refractivity contribution < 1.29 is 8.42 Å². The number of hydrogen-bond acceptors (Lipinski definition) is 5. The van der Waals surface area contributed by atoms with E-state index in [1.165, 1.54) is 0 Å². The van der Waals surface area contributed by atoms with E-state index in [2.05, 4.69) is 10.2 Å². The molecular formula is C15H17Cl2N3O2S2. The highest BCUT2D eigenvalue weighted by atomic mass is 35.5. The molecule has 0 radical (unpaired) electrons. The lowest BCUT2D eigenvalue weighted by Crippen LogP contribution is -2.11. The summed E-state index contributed by atoms with van der Waals surface area (Å²) in [7, 11) is -0.957. The maximum atomic E-state index is 11.6. The molecule has 0 aliphatic carbocycles. The Balaban J connectivity index is 1.64. The van der Waals surface area contributed by atoms with E-state index in [1.54, 1.807) is 17.8 Å². The molecule has 1 aliphatic rings. The average Bonchev–Trinajstić information content (AvgIpc) is 3.02. The first-order valence-electron chi connectivity index (χ1n) is 7.49. The summed E-state index contributed by atoms with van der Waals surface area (Å²) in [6, 6.07) is 5.44. The smallest absolute Gasteiger partial charge is 0.191 e. The molecule has 0 unspecified atom stereocenters. The first-order valence-corrected chi connectivity index (χ1v) is 11.1. The van der Waals surface area contributed by atoms with Gasteiger partial charge in [-0.25, -0.2) is 8.42 Å². The van der Waals surface area contributed by atoms with Gasteiger partial charge in [0.2, 0.25) is 0 Å². The van der Waals surface area contributed by atoms with Gasteiger partial charge in [-0.1, -0.05) is 41.0 Å². The van der Waals surface area contributed by atoms with E-state index in [9.17, 15) is 8.42 Å². The van der Waals surface area contributed by atoms with E-state index in [0.717, 1.165) is 16.5 Å². The van der Waals surface area contributed by atoms with E-state index in [4.69, 9.17) is 23.2 Å². The fourth-order valence-corrected chi connectivity index (χ4v) is 6.07. The molecule has 0 bridgehead atoms. The number of aromatic nitrogens is 3. The van der Waals surface area contributed by atoms with Crippen molar-refractivity contribution in [3.05, 3.63) is 39.6 Å². The molecule has 0 amide bonds. The van der Waals surface area contributed by atoms with Gasteiger partial charge in [0, 0.05) is 29.3 Å². The SMILES string of the molecule is Cn1c(C[C@@H]2CCS(=O)(=O)C2)nnc1SCc1ccc(Cl)cc1Cl. The van der Waals surface area contributed by atoms with Crippen molar-refractivity contribution >= 4 is 44.8 Å². The quantitative estimate of drug-likeness (QED) is 0.713. The summed E-state index contributed by atoms with van der Waals surface area (Å²) >= 11 is 13.6. The lowest BCUT2D eigenvalue weighted by atomic mass is 10.1. The Morgan fingerprint density at radius 3 is 2.79 bits per heavy atom. The third kappa shape index (κ3) is 4.25. The maximum absolute atomic E-state index is 11.6. The van der Waals surface area contributed by atoms with Gasteiger partial charge < -0.3 is 4.57 Å². The molecule has 24 heavy (non-hydrogen) atoms. The molecule has 0 spiro atoms. The van der Waals surface area contributed by atoms with Gasteiger partial charge in [-0.2, -0.15) is 0 Å². The van der Waals surface area contributed by atoms with Gasteiger partial charge in [0.15, 0.2) is 15.0 Å². The van der Waals surface area contributed by atoms with Crippen LogP contribution in [-0.4, -0.2) is 34.7 Å². The van der Waals surface area contributed by atoms with E-state index in [1.807, 2.05) is 23.7 Å². The number of sulfone groups is 1. The largest absolute Gasteiger partial charge is 0.309 e. The normalized spacial score (nSPS) is 19.7. The molecule has 1 saturated heterocycles. The molecule has 2 aromatic rings. The second-order valence-corrected chi connectivity index (χ2v) is 9.97. The molecule has 9 heteroatoms. The van der Waals surface area contributed by atoms with Crippen LogP contribution in [0.4, 0.5) is 0 Å². The predicted molar refractivity (Wildman–Crippen MR) is 97.5 cm³/mol. The van der Waals surface area contributed by atoms with Gasteiger partial charge in [-0.3, -0.25) is 0 Å². The van der Waals surface area contributed by atoms with Crippen molar-refractivity contribution in [1.29, 1.82) is 0 Å². The molecule has 3 rings (SSSR count). The van der Waals surface area contributed by atoms with Crippen molar-refractivity contribution in [1.82, 2.24) is 14.8 Å². The summed E-state index contributed by atoms with van der Waals surface area (Å²) in [6.45, 7) is 0. The van der Waals surface area contributed by atoms with Gasteiger partial charge >= 0.3 is 0 Å². The predicted octanol–water partition coefficient (Wildman–Crippen LogP) is 3.39. The molecule has 5 nitrogen and oxygen atoms in total. The lowest BCUT2D eigenvalue weighted by molar-refractivity contribution is 0.552. The van der Waals surface area contributed by atoms with E-state index in [-0.39, 0.29) is 17.4 Å². The lowest BCUT2D eigenvalue weighted by Gasteiger charge is -2.08. The fraction of sp³-hybridized carbons (Fsp3) is 0.467. The monoisotopic (exact) mass is 405 g/mol. The summed E-state index contributed by atoms with van der Waals surface area (Å²) in [5.41, 5.74) is 0.984. The Morgan fingerprint density at radius 1 is 1.33 bits per heavy atom. The molecule has 0 N–H and O–H groups in total. The van der Waals surface area contributed by atoms with Crippen molar-refractivity contribution in [3.8, 4) is 0 Å².